The Labute approximate surface area is 128 Å². The van der Waals surface area contributed by atoms with Gasteiger partial charge in [-0.15, -0.1) is 0 Å². The summed E-state index contributed by atoms with van der Waals surface area (Å²) in [7, 11) is 0. The van der Waals surface area contributed by atoms with Crippen molar-refractivity contribution in [3.05, 3.63) is 47.2 Å². The van der Waals surface area contributed by atoms with Gasteiger partial charge in [0.1, 0.15) is 5.60 Å². The Morgan fingerprint density at radius 3 is 2.09 bits per heavy atom. The van der Waals surface area contributed by atoms with Gasteiger partial charge in [0.15, 0.2) is 5.82 Å². The first-order valence-electron chi connectivity index (χ1n) is 7.13. The second kappa shape index (κ2) is 4.78. The molecule has 6 nitrogen and oxygen atoms in total. The number of aryl methyl sites for hydroxylation is 1. The standard InChI is InChI=1S/C16H17N3O3/c1-4-18-12(16(2,3)22)9-13(17-18)19-14(20)10-7-5-6-8-11(10)15(19)21/h5-9,22H,4H2,1-3H3. The molecular weight excluding hydrogens is 282 g/mol. The van der Waals surface area contributed by atoms with Gasteiger partial charge in [-0.05, 0) is 32.9 Å². The molecular formula is C16H17N3O3. The number of carbonyl (C=O) groups is 2. The van der Waals surface area contributed by atoms with E-state index in [1.54, 1.807) is 48.9 Å². The fourth-order valence-electron chi connectivity index (χ4n) is 2.64. The zero-order chi connectivity index (χ0) is 16.1. The third kappa shape index (κ3) is 2.03. The molecule has 0 radical (unpaired) electrons. The number of benzene rings is 1. The smallest absolute Gasteiger partial charge is 0.267 e. The van der Waals surface area contributed by atoms with Crippen LogP contribution in [0.5, 0.6) is 0 Å². The van der Waals surface area contributed by atoms with E-state index in [1.807, 2.05) is 6.92 Å². The van der Waals surface area contributed by atoms with E-state index in [0.29, 0.717) is 23.4 Å². The van der Waals surface area contributed by atoms with Gasteiger partial charge in [0.2, 0.25) is 0 Å². The topological polar surface area (TPSA) is 75.4 Å². The summed E-state index contributed by atoms with van der Waals surface area (Å²) in [5.74, 6) is -0.530. The lowest BCUT2D eigenvalue weighted by atomic mass is 10.1. The molecule has 0 saturated carbocycles. The van der Waals surface area contributed by atoms with Gasteiger partial charge < -0.3 is 5.11 Å². The molecule has 0 bridgehead atoms. The van der Waals surface area contributed by atoms with Gasteiger partial charge in [0.05, 0.1) is 16.8 Å². The van der Waals surface area contributed by atoms with Crippen molar-refractivity contribution in [2.24, 2.45) is 0 Å². The SMILES string of the molecule is CCn1nc(N2C(=O)c3ccccc3C2=O)cc1C(C)(C)O. The first-order valence-corrected chi connectivity index (χ1v) is 7.13. The normalized spacial score (nSPS) is 14.6. The molecule has 0 saturated heterocycles. The van der Waals surface area contributed by atoms with Gasteiger partial charge >= 0.3 is 0 Å². The molecule has 1 aromatic carbocycles. The number of nitrogens with zero attached hydrogens (tertiary/aromatic N) is 3. The second-order valence-electron chi connectivity index (χ2n) is 5.75. The van der Waals surface area contributed by atoms with E-state index in [2.05, 4.69) is 5.10 Å². The summed E-state index contributed by atoms with van der Waals surface area (Å²) >= 11 is 0. The molecule has 1 aromatic heterocycles. The average Bonchev–Trinajstić information content (AvgIpc) is 3.00. The minimum atomic E-state index is -1.11. The van der Waals surface area contributed by atoms with Crippen LogP contribution in [0.25, 0.3) is 0 Å². The van der Waals surface area contributed by atoms with Crippen molar-refractivity contribution in [1.29, 1.82) is 0 Å². The predicted octanol–water partition coefficient (Wildman–Crippen LogP) is 1.93. The first-order chi connectivity index (χ1) is 10.3. The quantitative estimate of drug-likeness (QED) is 0.879. The molecule has 1 aliphatic heterocycles. The Kier molecular flexibility index (Phi) is 3.14. The molecule has 1 aliphatic rings. The van der Waals surface area contributed by atoms with E-state index in [1.165, 1.54) is 0 Å². The maximum Gasteiger partial charge on any atom is 0.267 e. The fourth-order valence-corrected chi connectivity index (χ4v) is 2.64. The number of hydrogen-bond donors (Lipinski definition) is 1. The third-order valence-corrected chi connectivity index (χ3v) is 3.72. The summed E-state index contributed by atoms with van der Waals surface area (Å²) in [5, 5.41) is 14.5. The Morgan fingerprint density at radius 1 is 1.14 bits per heavy atom. The van der Waals surface area contributed by atoms with Gasteiger partial charge in [0.25, 0.3) is 11.8 Å². The van der Waals surface area contributed by atoms with E-state index < -0.39 is 5.60 Å². The van der Waals surface area contributed by atoms with Crippen LogP contribution in [0.2, 0.25) is 0 Å². The molecule has 2 heterocycles. The lowest BCUT2D eigenvalue weighted by molar-refractivity contribution is 0.0685. The summed E-state index contributed by atoms with van der Waals surface area (Å²) < 4.78 is 1.60. The van der Waals surface area contributed by atoms with Crippen molar-refractivity contribution in [3.8, 4) is 0 Å². The van der Waals surface area contributed by atoms with Crippen LogP contribution < -0.4 is 4.90 Å². The molecule has 0 fully saturated rings. The number of anilines is 1. The molecule has 2 amide bonds. The van der Waals surface area contributed by atoms with Gasteiger partial charge in [0, 0.05) is 12.6 Å². The van der Waals surface area contributed by atoms with Crippen molar-refractivity contribution < 1.29 is 14.7 Å². The maximum atomic E-state index is 12.5. The number of fused-ring (bicyclic) bond motifs is 1. The van der Waals surface area contributed by atoms with Crippen LogP contribution in [-0.2, 0) is 12.1 Å². The summed E-state index contributed by atoms with van der Waals surface area (Å²) in [6.07, 6.45) is 0. The molecule has 3 rings (SSSR count). The molecule has 1 N–H and O–H groups in total. The van der Waals surface area contributed by atoms with Crippen LogP contribution in [0, 0.1) is 0 Å². The molecule has 22 heavy (non-hydrogen) atoms. The minimum absolute atomic E-state index is 0.241. The average molecular weight is 299 g/mol. The van der Waals surface area contributed by atoms with Crippen LogP contribution >= 0.6 is 0 Å². The monoisotopic (exact) mass is 299 g/mol. The summed E-state index contributed by atoms with van der Waals surface area (Å²) in [6, 6.07) is 8.29. The highest BCUT2D eigenvalue weighted by molar-refractivity contribution is 6.34. The molecule has 0 atom stereocenters. The van der Waals surface area contributed by atoms with Crippen molar-refractivity contribution >= 4 is 17.6 Å². The van der Waals surface area contributed by atoms with Gasteiger partial charge in [-0.3, -0.25) is 14.3 Å². The van der Waals surface area contributed by atoms with Crippen LogP contribution in [0.4, 0.5) is 5.82 Å². The molecule has 114 valence electrons. The Bertz CT molecular complexity index is 736. The van der Waals surface area contributed by atoms with Crippen molar-refractivity contribution in [1.82, 2.24) is 9.78 Å². The van der Waals surface area contributed by atoms with E-state index in [9.17, 15) is 14.7 Å². The highest BCUT2D eigenvalue weighted by atomic mass is 16.3. The van der Waals surface area contributed by atoms with Crippen LogP contribution in [0.15, 0.2) is 30.3 Å². The van der Waals surface area contributed by atoms with Crippen molar-refractivity contribution in [3.63, 3.8) is 0 Å². The Balaban J connectivity index is 2.09. The number of carbonyl (C=O) groups excluding carboxylic acids is 2. The number of amides is 2. The van der Waals surface area contributed by atoms with E-state index in [0.717, 1.165) is 4.90 Å². The summed E-state index contributed by atoms with van der Waals surface area (Å²) in [5.41, 5.74) is 0.202. The van der Waals surface area contributed by atoms with Gasteiger partial charge in [-0.1, -0.05) is 12.1 Å². The third-order valence-electron chi connectivity index (χ3n) is 3.72. The Morgan fingerprint density at radius 2 is 1.68 bits per heavy atom. The number of aromatic nitrogens is 2. The van der Waals surface area contributed by atoms with Crippen LogP contribution in [0.1, 0.15) is 47.2 Å². The highest BCUT2D eigenvalue weighted by Gasteiger charge is 2.38. The second-order valence-corrected chi connectivity index (χ2v) is 5.75. The van der Waals surface area contributed by atoms with Crippen LogP contribution in [-0.4, -0.2) is 26.7 Å². The van der Waals surface area contributed by atoms with E-state index in [4.69, 9.17) is 0 Å². The first kappa shape index (κ1) is 14.5. The van der Waals surface area contributed by atoms with Crippen molar-refractivity contribution in [2.45, 2.75) is 32.9 Å². The van der Waals surface area contributed by atoms with Crippen molar-refractivity contribution in [2.75, 3.05) is 4.90 Å². The highest BCUT2D eigenvalue weighted by Crippen LogP contribution is 2.30. The minimum Gasteiger partial charge on any atom is -0.384 e. The fraction of sp³-hybridized carbons (Fsp3) is 0.312. The predicted molar refractivity (Wildman–Crippen MR) is 80.7 cm³/mol. The molecule has 0 aliphatic carbocycles. The van der Waals surface area contributed by atoms with E-state index in [-0.39, 0.29) is 17.6 Å². The number of imide groups is 1. The maximum absolute atomic E-state index is 12.5. The van der Waals surface area contributed by atoms with Gasteiger partial charge in [-0.25, -0.2) is 4.90 Å². The lowest BCUT2D eigenvalue weighted by Gasteiger charge is -2.17. The zero-order valence-electron chi connectivity index (χ0n) is 12.7. The van der Waals surface area contributed by atoms with E-state index >= 15 is 0 Å². The Hall–Kier alpha value is -2.47. The molecule has 2 aromatic rings. The number of aliphatic hydroxyl groups is 1. The zero-order valence-corrected chi connectivity index (χ0v) is 12.7. The van der Waals surface area contributed by atoms with Crippen LogP contribution in [0.3, 0.4) is 0 Å². The summed E-state index contributed by atoms with van der Waals surface area (Å²) in [4.78, 5) is 26.0. The van der Waals surface area contributed by atoms with Gasteiger partial charge in [-0.2, -0.15) is 5.10 Å². The molecule has 0 unspecified atom stereocenters. The summed E-state index contributed by atoms with van der Waals surface area (Å²) in [6.45, 7) is 5.70. The number of hydrogen-bond acceptors (Lipinski definition) is 4. The molecule has 0 spiro atoms. The lowest BCUT2D eigenvalue weighted by Crippen LogP contribution is -2.29. The molecule has 6 heteroatoms. The number of rotatable bonds is 3. The largest absolute Gasteiger partial charge is 0.384 e.